The lowest BCUT2D eigenvalue weighted by molar-refractivity contribution is -0.133. The number of benzene rings is 1. The highest BCUT2D eigenvalue weighted by atomic mass is 16.2. The van der Waals surface area contributed by atoms with Gasteiger partial charge in [0, 0.05) is 12.1 Å². The van der Waals surface area contributed by atoms with Crippen LogP contribution in [-0.2, 0) is 15.0 Å². The van der Waals surface area contributed by atoms with Crippen LogP contribution in [-0.4, -0.2) is 11.7 Å². The Hall–Kier alpha value is -1.90. The van der Waals surface area contributed by atoms with Crippen LogP contribution in [0.15, 0.2) is 36.4 Å². The van der Waals surface area contributed by atoms with Crippen LogP contribution in [0.5, 0.6) is 0 Å². The number of carbonyl (C=O) groups excluding carboxylic acids is 2. The van der Waals surface area contributed by atoms with Crippen LogP contribution in [0.3, 0.4) is 0 Å². The lowest BCUT2D eigenvalue weighted by Gasteiger charge is -2.26. The smallest absolute Gasteiger partial charge is 0.242 e. The van der Waals surface area contributed by atoms with Crippen LogP contribution < -0.4 is 5.32 Å². The van der Waals surface area contributed by atoms with Gasteiger partial charge in [-0.1, -0.05) is 37.1 Å². The van der Waals surface area contributed by atoms with E-state index in [1.165, 1.54) is 0 Å². The number of unbranched alkanes of at least 4 members (excludes halogenated alkanes) is 1. The molecule has 1 unspecified atom stereocenters. The number of hydrogen-bond acceptors (Lipinski definition) is 2. The van der Waals surface area contributed by atoms with Gasteiger partial charge in [0.25, 0.3) is 0 Å². The summed E-state index contributed by atoms with van der Waals surface area (Å²) in [6.45, 7) is 7.81. The highest BCUT2D eigenvalue weighted by Gasteiger charge is 2.51. The van der Waals surface area contributed by atoms with Gasteiger partial charge in [0.05, 0.1) is 0 Å². The van der Waals surface area contributed by atoms with Gasteiger partial charge in [-0.25, -0.2) is 0 Å². The van der Waals surface area contributed by atoms with Crippen molar-refractivity contribution in [2.24, 2.45) is 0 Å². The molecule has 0 spiro atoms. The zero-order valence-electron chi connectivity index (χ0n) is 12.2. The van der Waals surface area contributed by atoms with Crippen LogP contribution in [0.25, 0.3) is 0 Å². The Kier molecular flexibility index (Phi) is 4.07. The number of fused-ring (bicyclic) bond motifs is 1. The minimum Gasteiger partial charge on any atom is -0.325 e. The first kappa shape index (κ1) is 14.5. The Morgan fingerprint density at radius 2 is 2.05 bits per heavy atom. The monoisotopic (exact) mass is 271 g/mol. The number of ketones is 1. The second kappa shape index (κ2) is 5.61. The number of amides is 1. The highest BCUT2D eigenvalue weighted by Crippen LogP contribution is 2.43. The fourth-order valence-electron chi connectivity index (χ4n) is 2.87. The van der Waals surface area contributed by atoms with E-state index in [9.17, 15) is 9.59 Å². The molecular weight excluding hydrogens is 250 g/mol. The van der Waals surface area contributed by atoms with E-state index in [1.807, 2.05) is 38.1 Å². The van der Waals surface area contributed by atoms with Crippen molar-refractivity contribution in [3.05, 3.63) is 42.0 Å². The maximum atomic E-state index is 12.7. The minimum atomic E-state index is -1.07. The van der Waals surface area contributed by atoms with Crippen LogP contribution in [0.4, 0.5) is 5.69 Å². The molecule has 1 N–H and O–H groups in total. The molecule has 20 heavy (non-hydrogen) atoms. The minimum absolute atomic E-state index is 0.00444. The fraction of sp³-hybridized carbons (Fsp3) is 0.412. The van der Waals surface area contributed by atoms with Crippen molar-refractivity contribution in [2.75, 3.05) is 5.32 Å². The quantitative estimate of drug-likeness (QED) is 0.634. The van der Waals surface area contributed by atoms with Crippen molar-refractivity contribution in [3.63, 3.8) is 0 Å². The molecule has 1 aliphatic heterocycles. The number of carbonyl (C=O) groups is 2. The molecule has 0 fully saturated rings. The van der Waals surface area contributed by atoms with Gasteiger partial charge in [-0.15, -0.1) is 6.58 Å². The largest absolute Gasteiger partial charge is 0.325 e. The molecule has 0 aromatic heterocycles. The molecule has 1 heterocycles. The Labute approximate surface area is 120 Å². The Bertz CT molecular complexity index is 562. The Morgan fingerprint density at radius 3 is 2.70 bits per heavy atom. The summed E-state index contributed by atoms with van der Waals surface area (Å²) in [5.74, 6) is -0.201. The van der Waals surface area contributed by atoms with Crippen molar-refractivity contribution >= 4 is 17.4 Å². The van der Waals surface area contributed by atoms with Gasteiger partial charge in [0.2, 0.25) is 5.91 Å². The molecule has 106 valence electrons. The average Bonchev–Trinajstić information content (AvgIpc) is 2.69. The van der Waals surface area contributed by atoms with E-state index in [0.717, 1.165) is 29.7 Å². The van der Waals surface area contributed by atoms with Crippen molar-refractivity contribution in [1.29, 1.82) is 0 Å². The summed E-state index contributed by atoms with van der Waals surface area (Å²) >= 11 is 0. The summed E-state index contributed by atoms with van der Waals surface area (Å²) in [5.41, 5.74) is 1.33. The first-order chi connectivity index (χ1) is 9.52. The van der Waals surface area contributed by atoms with Gasteiger partial charge in [0.1, 0.15) is 5.41 Å². The molecule has 0 radical (unpaired) electrons. The van der Waals surface area contributed by atoms with E-state index in [4.69, 9.17) is 0 Å². The lowest BCUT2D eigenvalue weighted by Crippen LogP contribution is -2.42. The molecule has 1 atom stereocenters. The maximum Gasteiger partial charge on any atom is 0.242 e. The molecule has 0 bridgehead atoms. The number of anilines is 1. The van der Waals surface area contributed by atoms with Gasteiger partial charge in [-0.05, 0) is 31.4 Å². The van der Waals surface area contributed by atoms with Gasteiger partial charge in [-0.3, -0.25) is 9.59 Å². The third-order valence-electron chi connectivity index (χ3n) is 3.82. The van der Waals surface area contributed by atoms with E-state index in [0.29, 0.717) is 12.8 Å². The van der Waals surface area contributed by atoms with Crippen molar-refractivity contribution in [3.8, 4) is 0 Å². The number of allylic oxidation sites excluding steroid dienone is 1. The second-order valence-electron chi connectivity index (χ2n) is 5.57. The summed E-state index contributed by atoms with van der Waals surface area (Å²) in [4.78, 5) is 25.3. The summed E-state index contributed by atoms with van der Waals surface area (Å²) in [6.07, 6.45) is 2.58. The van der Waals surface area contributed by atoms with E-state index in [1.54, 1.807) is 0 Å². The van der Waals surface area contributed by atoms with E-state index < -0.39 is 5.41 Å². The molecule has 1 aromatic rings. The number of rotatable bonds is 6. The van der Waals surface area contributed by atoms with Gasteiger partial charge in [-0.2, -0.15) is 0 Å². The highest BCUT2D eigenvalue weighted by molar-refractivity contribution is 6.21. The third-order valence-corrected chi connectivity index (χ3v) is 3.82. The molecule has 0 saturated carbocycles. The zero-order valence-corrected chi connectivity index (χ0v) is 12.2. The molecule has 1 amide bonds. The second-order valence-corrected chi connectivity index (χ2v) is 5.57. The van der Waals surface area contributed by atoms with Crippen LogP contribution in [0.1, 0.15) is 45.1 Å². The molecule has 3 heteroatoms. The van der Waals surface area contributed by atoms with Crippen molar-refractivity contribution < 1.29 is 9.59 Å². The zero-order chi connectivity index (χ0) is 14.8. The van der Waals surface area contributed by atoms with Gasteiger partial charge >= 0.3 is 0 Å². The molecule has 3 nitrogen and oxygen atoms in total. The van der Waals surface area contributed by atoms with Crippen LogP contribution in [0, 0.1) is 0 Å². The van der Waals surface area contributed by atoms with E-state index >= 15 is 0 Å². The number of para-hydroxylation sites is 1. The van der Waals surface area contributed by atoms with Crippen LogP contribution >= 0.6 is 0 Å². The number of Topliss-reactive ketones (excluding diaryl/α,β-unsaturated/α-hetero) is 1. The number of hydrogen-bond donors (Lipinski definition) is 1. The van der Waals surface area contributed by atoms with Crippen molar-refractivity contribution in [2.45, 2.75) is 44.9 Å². The van der Waals surface area contributed by atoms with Crippen molar-refractivity contribution in [1.82, 2.24) is 0 Å². The molecule has 0 aliphatic carbocycles. The predicted molar refractivity (Wildman–Crippen MR) is 80.7 cm³/mol. The lowest BCUT2D eigenvalue weighted by atomic mass is 9.72. The van der Waals surface area contributed by atoms with Gasteiger partial charge < -0.3 is 5.32 Å². The van der Waals surface area contributed by atoms with E-state index in [2.05, 4.69) is 11.9 Å². The van der Waals surface area contributed by atoms with Crippen LogP contribution in [0.2, 0.25) is 0 Å². The predicted octanol–water partition coefficient (Wildman–Crippen LogP) is 3.60. The molecule has 1 aliphatic rings. The van der Waals surface area contributed by atoms with Gasteiger partial charge in [0.15, 0.2) is 5.78 Å². The maximum absolute atomic E-state index is 12.7. The van der Waals surface area contributed by atoms with E-state index in [-0.39, 0.29) is 11.7 Å². The SMILES string of the molecule is C=C(C)CC1(C(=O)CCCC)C(=O)Nc2ccccc21. The fourth-order valence-corrected chi connectivity index (χ4v) is 2.87. The number of nitrogens with one attached hydrogen (secondary N) is 1. The first-order valence-corrected chi connectivity index (χ1v) is 7.11. The Balaban J connectivity index is 2.49. The summed E-state index contributed by atoms with van der Waals surface area (Å²) in [5, 5.41) is 2.85. The molecule has 2 rings (SSSR count). The average molecular weight is 271 g/mol. The standard InChI is InChI=1S/C17H21NO2/c1-4-5-10-15(19)17(11-12(2)3)13-8-6-7-9-14(13)18-16(17)20/h6-9H,2,4-5,10-11H2,1,3H3,(H,18,20). The summed E-state index contributed by atoms with van der Waals surface area (Å²) in [7, 11) is 0. The topological polar surface area (TPSA) is 46.2 Å². The first-order valence-electron chi connectivity index (χ1n) is 7.11. The summed E-state index contributed by atoms with van der Waals surface area (Å²) < 4.78 is 0. The normalized spacial score (nSPS) is 20.4. The summed E-state index contributed by atoms with van der Waals surface area (Å²) in [6, 6.07) is 7.46. The molecule has 0 saturated heterocycles. The third kappa shape index (κ3) is 2.28. The molecular formula is C17H21NO2. The Morgan fingerprint density at radius 1 is 1.35 bits per heavy atom. The molecule has 1 aromatic carbocycles.